The number of benzene rings is 2. The highest BCUT2D eigenvalue weighted by Gasteiger charge is 2.15. The molecule has 0 aliphatic heterocycles. The Kier molecular flexibility index (Phi) is 8.58. The van der Waals surface area contributed by atoms with E-state index in [1.54, 1.807) is 55.6 Å². The number of methoxy groups -OCH3 is 1. The summed E-state index contributed by atoms with van der Waals surface area (Å²) in [5, 5.41) is 10.9. The Bertz CT molecular complexity index is 838. The Morgan fingerprint density at radius 1 is 1.07 bits per heavy atom. The third-order valence-electron chi connectivity index (χ3n) is 4.28. The predicted molar refractivity (Wildman–Crippen MR) is 111 cm³/mol. The third-order valence-corrected chi connectivity index (χ3v) is 4.28. The van der Waals surface area contributed by atoms with Gasteiger partial charge >= 0.3 is 0 Å². The van der Waals surface area contributed by atoms with Crippen molar-refractivity contribution in [2.75, 3.05) is 18.7 Å². The van der Waals surface area contributed by atoms with E-state index in [1.165, 1.54) is 0 Å². The zero-order valence-corrected chi connectivity index (χ0v) is 16.4. The number of ether oxygens (including phenoxy) is 1. The number of rotatable bonds is 10. The number of anilines is 1. The second-order valence-electron chi connectivity index (χ2n) is 6.26. The molecule has 2 amide bonds. The molecule has 9 heteroatoms. The maximum atomic E-state index is 12.3. The van der Waals surface area contributed by atoms with Crippen molar-refractivity contribution in [3.8, 4) is 5.75 Å². The van der Waals surface area contributed by atoms with Gasteiger partial charge in [0.15, 0.2) is 0 Å². The van der Waals surface area contributed by atoms with Crippen LogP contribution in [0.25, 0.3) is 0 Å². The van der Waals surface area contributed by atoms with Gasteiger partial charge in [-0.1, -0.05) is 23.8 Å². The van der Waals surface area contributed by atoms with Gasteiger partial charge in [-0.05, 0) is 49.2 Å². The summed E-state index contributed by atoms with van der Waals surface area (Å²) in [4.78, 5) is 24.4. The van der Waals surface area contributed by atoms with Gasteiger partial charge in [0.1, 0.15) is 11.4 Å². The van der Waals surface area contributed by atoms with Crippen molar-refractivity contribution in [1.82, 2.24) is 5.32 Å². The van der Waals surface area contributed by atoms with Crippen molar-refractivity contribution in [3.63, 3.8) is 0 Å². The van der Waals surface area contributed by atoms with Crippen molar-refractivity contribution in [2.45, 2.75) is 25.7 Å². The quantitative estimate of drug-likeness (QED) is 0.186. The van der Waals surface area contributed by atoms with Gasteiger partial charge in [0.2, 0.25) is 5.91 Å². The van der Waals surface area contributed by atoms with Gasteiger partial charge in [-0.25, -0.2) is 10.9 Å². The molecule has 5 N–H and O–H groups in total. The molecule has 154 valence electrons. The molecule has 0 aliphatic carbocycles. The van der Waals surface area contributed by atoms with Crippen LogP contribution < -0.4 is 26.7 Å². The summed E-state index contributed by atoms with van der Waals surface area (Å²) in [5.41, 5.74) is 1.44. The minimum absolute atomic E-state index is 0.137. The molecule has 0 atom stereocenters. The molecule has 2 rings (SSSR count). The summed E-state index contributed by atoms with van der Waals surface area (Å²) in [7, 11) is 1.58. The minimum atomic E-state index is -0.230. The van der Waals surface area contributed by atoms with E-state index in [1.807, 2.05) is 0 Å². The molecule has 9 nitrogen and oxygen atoms in total. The van der Waals surface area contributed by atoms with E-state index >= 15 is 0 Å². The third kappa shape index (κ3) is 6.58. The van der Waals surface area contributed by atoms with Gasteiger partial charge in [0.05, 0.1) is 12.8 Å². The summed E-state index contributed by atoms with van der Waals surface area (Å²) in [6.45, 7) is 0.533. The molecule has 2 aromatic rings. The van der Waals surface area contributed by atoms with E-state index < -0.39 is 0 Å². The molecule has 0 spiro atoms. The van der Waals surface area contributed by atoms with E-state index in [9.17, 15) is 9.59 Å². The smallest absolute Gasteiger partial charge is 0.251 e. The van der Waals surface area contributed by atoms with Crippen LogP contribution in [0, 0.1) is 0 Å². The van der Waals surface area contributed by atoms with Crippen LogP contribution in [0.2, 0.25) is 0 Å². The highest BCUT2D eigenvalue weighted by atomic mass is 16.5. The monoisotopic (exact) mass is 398 g/mol. The SMILES string of the molecule is COc1ccc(C(=O)NCCCCCC(=O)N(N)c2ccccc2N=NN)cc1. The van der Waals surface area contributed by atoms with Gasteiger partial charge in [0, 0.05) is 18.5 Å². The molecular formula is C20H26N6O3. The lowest BCUT2D eigenvalue weighted by atomic mass is 10.1. The molecule has 2 aromatic carbocycles. The Morgan fingerprint density at radius 3 is 2.48 bits per heavy atom. The van der Waals surface area contributed by atoms with Gasteiger partial charge in [-0.2, -0.15) is 0 Å². The van der Waals surface area contributed by atoms with Crippen molar-refractivity contribution in [1.29, 1.82) is 0 Å². The van der Waals surface area contributed by atoms with Crippen molar-refractivity contribution < 1.29 is 14.3 Å². The van der Waals surface area contributed by atoms with Crippen LogP contribution in [0.15, 0.2) is 58.9 Å². The van der Waals surface area contributed by atoms with E-state index in [0.29, 0.717) is 35.7 Å². The molecule has 0 bridgehead atoms. The number of para-hydroxylation sites is 1. The first-order chi connectivity index (χ1) is 14.1. The highest BCUT2D eigenvalue weighted by molar-refractivity contribution is 5.95. The number of nitrogens with zero attached hydrogens (tertiary/aromatic N) is 3. The number of carbonyl (C=O) groups is 2. The number of nitrogens with one attached hydrogen (secondary N) is 1. The lowest BCUT2D eigenvalue weighted by Crippen LogP contribution is -2.37. The Morgan fingerprint density at radius 2 is 1.79 bits per heavy atom. The number of hydrogen-bond donors (Lipinski definition) is 3. The minimum Gasteiger partial charge on any atom is -0.497 e. The lowest BCUT2D eigenvalue weighted by molar-refractivity contribution is -0.118. The van der Waals surface area contributed by atoms with Gasteiger partial charge in [0.25, 0.3) is 5.91 Å². The molecule has 29 heavy (non-hydrogen) atoms. The first-order valence-corrected chi connectivity index (χ1v) is 9.26. The maximum Gasteiger partial charge on any atom is 0.251 e. The number of nitrogens with two attached hydrogens (primary N) is 2. The number of amides is 2. The van der Waals surface area contributed by atoms with Crippen LogP contribution in [0.1, 0.15) is 36.0 Å². The number of hydrazine groups is 1. The van der Waals surface area contributed by atoms with Crippen LogP contribution in [-0.2, 0) is 4.79 Å². The van der Waals surface area contributed by atoms with E-state index in [0.717, 1.165) is 17.9 Å². The predicted octanol–water partition coefficient (Wildman–Crippen LogP) is 2.85. The van der Waals surface area contributed by atoms with Crippen LogP contribution in [0.4, 0.5) is 11.4 Å². The summed E-state index contributed by atoms with van der Waals surface area (Å²) >= 11 is 0. The average molecular weight is 398 g/mol. The number of carbonyl (C=O) groups excluding carboxylic acids is 2. The van der Waals surface area contributed by atoms with Crippen molar-refractivity contribution in [2.24, 2.45) is 22.0 Å². The second-order valence-corrected chi connectivity index (χ2v) is 6.26. The van der Waals surface area contributed by atoms with Gasteiger partial charge in [-0.15, -0.1) is 5.11 Å². The first kappa shape index (κ1) is 21.8. The Hall–Kier alpha value is -3.46. The summed E-state index contributed by atoms with van der Waals surface area (Å²) in [6.07, 6.45) is 2.49. The zero-order chi connectivity index (χ0) is 21.1. The maximum absolute atomic E-state index is 12.3. The van der Waals surface area contributed by atoms with Crippen LogP contribution in [-0.4, -0.2) is 25.5 Å². The number of unbranched alkanes of at least 4 members (excludes halogenated alkanes) is 2. The lowest BCUT2D eigenvalue weighted by Gasteiger charge is -2.18. The summed E-state index contributed by atoms with van der Waals surface area (Å²) in [6, 6.07) is 13.8. The molecule has 0 unspecified atom stereocenters. The van der Waals surface area contributed by atoms with Crippen LogP contribution in [0.5, 0.6) is 5.75 Å². The van der Waals surface area contributed by atoms with E-state index in [-0.39, 0.29) is 18.2 Å². The molecule has 0 heterocycles. The molecule has 0 saturated carbocycles. The molecule has 0 aromatic heterocycles. The highest BCUT2D eigenvalue weighted by Crippen LogP contribution is 2.27. The number of hydrogen-bond acceptors (Lipinski definition) is 6. The van der Waals surface area contributed by atoms with Gasteiger partial charge in [-0.3, -0.25) is 9.59 Å². The fraction of sp³-hybridized carbons (Fsp3) is 0.300. The van der Waals surface area contributed by atoms with Crippen molar-refractivity contribution in [3.05, 3.63) is 54.1 Å². The molecular weight excluding hydrogens is 372 g/mol. The molecule has 0 aliphatic rings. The Balaban J connectivity index is 1.69. The molecule has 0 saturated heterocycles. The second kappa shape index (κ2) is 11.4. The average Bonchev–Trinajstić information content (AvgIpc) is 2.76. The first-order valence-electron chi connectivity index (χ1n) is 9.26. The van der Waals surface area contributed by atoms with Crippen molar-refractivity contribution >= 4 is 23.2 Å². The normalized spacial score (nSPS) is 10.7. The largest absolute Gasteiger partial charge is 0.497 e. The molecule has 0 fully saturated rings. The van der Waals surface area contributed by atoms with E-state index in [2.05, 4.69) is 15.7 Å². The summed E-state index contributed by atoms with van der Waals surface area (Å²) < 4.78 is 5.07. The fourth-order valence-corrected chi connectivity index (χ4v) is 2.69. The molecule has 0 radical (unpaired) electrons. The summed E-state index contributed by atoms with van der Waals surface area (Å²) in [5.74, 6) is 11.3. The van der Waals surface area contributed by atoms with Gasteiger partial charge < -0.3 is 15.9 Å². The standard InChI is InChI=1S/C20H26N6O3/c1-29-16-12-10-15(11-13-16)20(28)23-14-6-2-3-9-19(27)26(22)18-8-5-4-7-17(18)24-25-21/h4-5,7-8,10-13H,2-3,6,9,14,22H2,1H3,(H2,21,24)(H,23,28). The fourth-order valence-electron chi connectivity index (χ4n) is 2.69. The van der Waals surface area contributed by atoms with E-state index in [4.69, 9.17) is 16.4 Å². The Labute approximate surface area is 169 Å². The van der Waals surface area contributed by atoms with Crippen LogP contribution >= 0.6 is 0 Å². The topological polar surface area (TPSA) is 135 Å². The van der Waals surface area contributed by atoms with Crippen LogP contribution in [0.3, 0.4) is 0 Å². The zero-order valence-electron chi connectivity index (χ0n) is 16.4.